The van der Waals surface area contributed by atoms with Crippen LogP contribution in [0.15, 0.2) is 18.2 Å². The van der Waals surface area contributed by atoms with Crippen LogP contribution in [0.1, 0.15) is 24.4 Å². The molecule has 1 aromatic carbocycles. The highest BCUT2D eigenvalue weighted by Gasteiger charge is 2.34. The van der Waals surface area contributed by atoms with Crippen LogP contribution in [0.2, 0.25) is 0 Å². The van der Waals surface area contributed by atoms with Gasteiger partial charge in [-0.2, -0.15) is 0 Å². The minimum Gasteiger partial charge on any atom is -0.479 e. The normalized spacial score (nSPS) is 17.0. The van der Waals surface area contributed by atoms with Gasteiger partial charge in [0, 0.05) is 13.0 Å². The molecular formula is C12H11F2NO3. The number of benzene rings is 1. The highest BCUT2D eigenvalue weighted by Crippen LogP contribution is 2.27. The molecular weight excluding hydrogens is 244 g/mol. The van der Waals surface area contributed by atoms with E-state index in [1.54, 1.807) is 0 Å². The molecule has 0 bridgehead atoms. The van der Waals surface area contributed by atoms with Gasteiger partial charge < -0.3 is 10.0 Å². The number of carbonyl (C=O) groups is 2. The number of carbonyl (C=O) groups excluding carboxylic acids is 1. The molecule has 96 valence electrons. The Balaban J connectivity index is 2.38. The maximum Gasteiger partial charge on any atom is 0.331 e. The molecule has 0 aliphatic carbocycles. The lowest BCUT2D eigenvalue weighted by Crippen LogP contribution is -2.35. The molecule has 1 saturated heterocycles. The number of amides is 1. The van der Waals surface area contributed by atoms with Gasteiger partial charge in [0.1, 0.15) is 0 Å². The zero-order chi connectivity index (χ0) is 13.3. The highest BCUT2D eigenvalue weighted by molar-refractivity contribution is 5.85. The van der Waals surface area contributed by atoms with Crippen molar-refractivity contribution in [2.45, 2.75) is 18.9 Å². The number of rotatable bonds is 3. The molecule has 0 spiro atoms. The lowest BCUT2D eigenvalue weighted by atomic mass is 10.1. The Labute approximate surface area is 102 Å². The summed E-state index contributed by atoms with van der Waals surface area (Å²) in [5, 5.41) is 9.15. The fraction of sp³-hybridized carbons (Fsp3) is 0.333. The smallest absolute Gasteiger partial charge is 0.331 e. The topological polar surface area (TPSA) is 57.6 Å². The van der Waals surface area contributed by atoms with Crippen LogP contribution in [0, 0.1) is 11.6 Å². The van der Waals surface area contributed by atoms with Crippen molar-refractivity contribution >= 4 is 11.9 Å². The zero-order valence-electron chi connectivity index (χ0n) is 9.40. The van der Waals surface area contributed by atoms with Crippen molar-refractivity contribution in [2.75, 3.05) is 6.54 Å². The van der Waals surface area contributed by atoms with E-state index in [2.05, 4.69) is 0 Å². The third-order valence-electron chi connectivity index (χ3n) is 2.91. The van der Waals surface area contributed by atoms with Crippen LogP contribution in [-0.4, -0.2) is 28.4 Å². The van der Waals surface area contributed by atoms with Gasteiger partial charge in [0.25, 0.3) is 0 Å². The fourth-order valence-corrected chi connectivity index (χ4v) is 2.08. The van der Waals surface area contributed by atoms with Gasteiger partial charge in [-0.1, -0.05) is 6.07 Å². The van der Waals surface area contributed by atoms with Crippen molar-refractivity contribution in [3.05, 3.63) is 35.4 Å². The molecule has 1 aliphatic rings. The van der Waals surface area contributed by atoms with Gasteiger partial charge in [0.15, 0.2) is 17.7 Å². The SMILES string of the molecule is O=C(O)C(c1ccc(F)c(F)c1)N1CCCC1=O. The number of carboxylic acids is 1. The largest absolute Gasteiger partial charge is 0.479 e. The lowest BCUT2D eigenvalue weighted by Gasteiger charge is -2.24. The Hall–Kier alpha value is -1.98. The summed E-state index contributed by atoms with van der Waals surface area (Å²) in [5.41, 5.74) is 0.0663. The molecule has 0 saturated carbocycles. The van der Waals surface area contributed by atoms with E-state index in [4.69, 9.17) is 5.11 Å². The van der Waals surface area contributed by atoms with E-state index in [-0.39, 0.29) is 17.9 Å². The second-order valence-corrected chi connectivity index (χ2v) is 4.11. The van der Waals surface area contributed by atoms with Crippen molar-refractivity contribution in [1.29, 1.82) is 0 Å². The van der Waals surface area contributed by atoms with Crippen LogP contribution in [0.25, 0.3) is 0 Å². The van der Waals surface area contributed by atoms with E-state index < -0.39 is 23.6 Å². The van der Waals surface area contributed by atoms with Crippen molar-refractivity contribution in [1.82, 2.24) is 4.90 Å². The maximum atomic E-state index is 13.1. The van der Waals surface area contributed by atoms with Crippen LogP contribution in [-0.2, 0) is 9.59 Å². The number of hydrogen-bond donors (Lipinski definition) is 1. The number of carboxylic acid groups (broad SMARTS) is 1. The number of nitrogens with zero attached hydrogens (tertiary/aromatic N) is 1. The Morgan fingerprint density at radius 2 is 2.06 bits per heavy atom. The quantitative estimate of drug-likeness (QED) is 0.894. The first-order valence-corrected chi connectivity index (χ1v) is 5.48. The van der Waals surface area contributed by atoms with Gasteiger partial charge in [-0.05, 0) is 24.1 Å². The lowest BCUT2D eigenvalue weighted by molar-refractivity contribution is -0.148. The number of aliphatic carboxylic acids is 1. The standard InChI is InChI=1S/C12H11F2NO3/c13-8-4-3-7(6-9(8)14)11(12(17)18)15-5-1-2-10(15)16/h3-4,6,11H,1-2,5H2,(H,17,18). The summed E-state index contributed by atoms with van der Waals surface area (Å²) < 4.78 is 25.9. The van der Waals surface area contributed by atoms with Crippen molar-refractivity contribution in [2.24, 2.45) is 0 Å². The van der Waals surface area contributed by atoms with Gasteiger partial charge in [-0.3, -0.25) is 4.79 Å². The maximum absolute atomic E-state index is 13.1. The Bertz CT molecular complexity index is 504. The molecule has 1 N–H and O–H groups in total. The van der Waals surface area contributed by atoms with Crippen LogP contribution >= 0.6 is 0 Å². The fourth-order valence-electron chi connectivity index (χ4n) is 2.08. The van der Waals surface area contributed by atoms with Gasteiger partial charge in [-0.15, -0.1) is 0 Å². The summed E-state index contributed by atoms with van der Waals surface area (Å²) in [6.07, 6.45) is 0.861. The summed E-state index contributed by atoms with van der Waals surface area (Å²) in [6.45, 7) is 0.314. The second kappa shape index (κ2) is 4.72. The predicted molar refractivity (Wildman–Crippen MR) is 57.7 cm³/mol. The summed E-state index contributed by atoms with van der Waals surface area (Å²) in [6, 6.07) is 1.61. The molecule has 4 nitrogen and oxygen atoms in total. The van der Waals surface area contributed by atoms with Gasteiger partial charge in [0.05, 0.1) is 0 Å². The van der Waals surface area contributed by atoms with Crippen LogP contribution in [0.3, 0.4) is 0 Å². The minimum atomic E-state index is -1.25. The van der Waals surface area contributed by atoms with E-state index in [0.717, 1.165) is 12.1 Å². The van der Waals surface area contributed by atoms with Gasteiger partial charge >= 0.3 is 5.97 Å². The van der Waals surface area contributed by atoms with E-state index in [0.29, 0.717) is 13.0 Å². The first kappa shape index (κ1) is 12.5. The molecule has 1 aromatic rings. The Kier molecular flexibility index (Phi) is 3.27. The Morgan fingerprint density at radius 1 is 1.33 bits per heavy atom. The second-order valence-electron chi connectivity index (χ2n) is 4.11. The molecule has 1 atom stereocenters. The number of likely N-dealkylation sites (tertiary alicyclic amines) is 1. The van der Waals surface area contributed by atoms with Crippen LogP contribution < -0.4 is 0 Å². The van der Waals surface area contributed by atoms with E-state index in [1.807, 2.05) is 0 Å². The summed E-state index contributed by atoms with van der Waals surface area (Å²) >= 11 is 0. The predicted octanol–water partition coefficient (Wildman–Crippen LogP) is 1.71. The first-order chi connectivity index (χ1) is 8.50. The van der Waals surface area contributed by atoms with Crippen LogP contribution in [0.4, 0.5) is 8.78 Å². The van der Waals surface area contributed by atoms with Crippen molar-refractivity contribution in [3.8, 4) is 0 Å². The molecule has 1 fully saturated rings. The molecule has 2 rings (SSSR count). The zero-order valence-corrected chi connectivity index (χ0v) is 9.40. The molecule has 1 unspecified atom stereocenters. The average Bonchev–Trinajstić information content (AvgIpc) is 2.70. The molecule has 18 heavy (non-hydrogen) atoms. The Morgan fingerprint density at radius 3 is 2.56 bits per heavy atom. The summed E-state index contributed by atoms with van der Waals surface area (Å²) in [5.74, 6) is -3.70. The average molecular weight is 255 g/mol. The van der Waals surface area contributed by atoms with Crippen LogP contribution in [0.5, 0.6) is 0 Å². The van der Waals surface area contributed by atoms with Gasteiger partial charge in [0.2, 0.25) is 5.91 Å². The first-order valence-electron chi connectivity index (χ1n) is 5.48. The van der Waals surface area contributed by atoms with E-state index >= 15 is 0 Å². The number of hydrogen-bond acceptors (Lipinski definition) is 2. The monoisotopic (exact) mass is 255 g/mol. The molecule has 0 radical (unpaired) electrons. The summed E-state index contributed by atoms with van der Waals surface area (Å²) in [4.78, 5) is 23.9. The summed E-state index contributed by atoms with van der Waals surface area (Å²) in [7, 11) is 0. The third kappa shape index (κ3) is 2.18. The molecule has 1 aliphatic heterocycles. The number of halogens is 2. The van der Waals surface area contributed by atoms with Crippen molar-refractivity contribution < 1.29 is 23.5 Å². The van der Waals surface area contributed by atoms with Gasteiger partial charge in [-0.25, -0.2) is 13.6 Å². The van der Waals surface area contributed by atoms with E-state index in [1.165, 1.54) is 11.0 Å². The van der Waals surface area contributed by atoms with E-state index in [9.17, 15) is 18.4 Å². The molecule has 6 heteroatoms. The molecule has 1 heterocycles. The minimum absolute atomic E-state index is 0.0663. The molecule has 1 amide bonds. The third-order valence-corrected chi connectivity index (χ3v) is 2.91. The highest BCUT2D eigenvalue weighted by atomic mass is 19.2. The van der Waals surface area contributed by atoms with Crippen molar-refractivity contribution in [3.63, 3.8) is 0 Å². The molecule has 0 aromatic heterocycles.